The number of aryl methyl sites for hydroxylation is 1. The van der Waals surface area contributed by atoms with Gasteiger partial charge in [0, 0.05) is 6.20 Å². The van der Waals surface area contributed by atoms with Crippen molar-refractivity contribution in [2.24, 2.45) is 0 Å². The van der Waals surface area contributed by atoms with Crippen LogP contribution in [-0.2, 0) is 9.53 Å². The SMILES string of the molecule is Cc1cccc(OCCNC(=O)COC(=O)c2cnc(Cl)c(Cl)c2)c1. The molecule has 0 aliphatic heterocycles. The van der Waals surface area contributed by atoms with Crippen molar-refractivity contribution in [3.63, 3.8) is 0 Å². The molecule has 2 aromatic rings. The van der Waals surface area contributed by atoms with Crippen molar-refractivity contribution in [3.05, 3.63) is 57.8 Å². The first kappa shape index (κ1) is 19.0. The Kier molecular flexibility index (Phi) is 7.03. The monoisotopic (exact) mass is 382 g/mol. The minimum Gasteiger partial charge on any atom is -0.492 e. The van der Waals surface area contributed by atoms with Gasteiger partial charge in [-0.3, -0.25) is 4.79 Å². The van der Waals surface area contributed by atoms with Gasteiger partial charge in [-0.25, -0.2) is 9.78 Å². The van der Waals surface area contributed by atoms with Crippen LogP contribution in [0.15, 0.2) is 36.5 Å². The first-order valence-electron chi connectivity index (χ1n) is 7.40. The summed E-state index contributed by atoms with van der Waals surface area (Å²) >= 11 is 11.4. The van der Waals surface area contributed by atoms with Crippen LogP contribution in [0.5, 0.6) is 5.75 Å². The van der Waals surface area contributed by atoms with Gasteiger partial charge in [-0.1, -0.05) is 35.3 Å². The predicted molar refractivity (Wildman–Crippen MR) is 94.2 cm³/mol. The molecule has 1 aromatic carbocycles. The smallest absolute Gasteiger partial charge is 0.340 e. The number of esters is 1. The molecule has 0 atom stereocenters. The number of carbonyl (C=O) groups excluding carboxylic acids is 2. The topological polar surface area (TPSA) is 77.5 Å². The van der Waals surface area contributed by atoms with Gasteiger partial charge in [-0.2, -0.15) is 0 Å². The molecule has 2 rings (SSSR count). The second-order valence-electron chi connectivity index (χ2n) is 5.09. The van der Waals surface area contributed by atoms with Crippen LogP contribution in [0.25, 0.3) is 0 Å². The number of benzene rings is 1. The summed E-state index contributed by atoms with van der Waals surface area (Å²) in [5, 5.41) is 2.81. The average molecular weight is 383 g/mol. The van der Waals surface area contributed by atoms with E-state index in [4.69, 9.17) is 32.7 Å². The minimum absolute atomic E-state index is 0.0876. The third-order valence-corrected chi connectivity index (χ3v) is 3.73. The van der Waals surface area contributed by atoms with Crippen LogP contribution in [0, 0.1) is 6.92 Å². The Morgan fingerprint density at radius 1 is 1.24 bits per heavy atom. The van der Waals surface area contributed by atoms with Gasteiger partial charge in [-0.05, 0) is 30.7 Å². The van der Waals surface area contributed by atoms with Gasteiger partial charge in [-0.15, -0.1) is 0 Å². The lowest BCUT2D eigenvalue weighted by atomic mass is 10.2. The zero-order valence-electron chi connectivity index (χ0n) is 13.4. The Morgan fingerprint density at radius 2 is 2.04 bits per heavy atom. The summed E-state index contributed by atoms with van der Waals surface area (Å²) in [5.41, 5.74) is 1.20. The molecule has 1 amide bonds. The number of carbonyl (C=O) groups is 2. The zero-order valence-corrected chi connectivity index (χ0v) is 14.9. The summed E-state index contributed by atoms with van der Waals surface area (Å²) in [6.45, 7) is 2.15. The molecule has 25 heavy (non-hydrogen) atoms. The molecule has 0 spiro atoms. The van der Waals surface area contributed by atoms with E-state index in [1.165, 1.54) is 12.3 Å². The molecule has 1 N–H and O–H groups in total. The molecular weight excluding hydrogens is 367 g/mol. The predicted octanol–water partition coefficient (Wildman–Crippen LogP) is 3.05. The van der Waals surface area contributed by atoms with Crippen molar-refractivity contribution in [1.29, 1.82) is 0 Å². The Morgan fingerprint density at radius 3 is 2.76 bits per heavy atom. The van der Waals surface area contributed by atoms with E-state index in [0.717, 1.165) is 11.3 Å². The fourth-order valence-corrected chi connectivity index (χ4v) is 2.13. The Bertz CT molecular complexity index is 768. The van der Waals surface area contributed by atoms with E-state index in [9.17, 15) is 9.59 Å². The average Bonchev–Trinajstić information content (AvgIpc) is 2.59. The Hall–Kier alpha value is -2.31. The van der Waals surface area contributed by atoms with E-state index in [0.29, 0.717) is 13.2 Å². The standard InChI is InChI=1S/C17H16Cl2N2O4/c1-11-3-2-4-13(7-11)24-6-5-20-15(22)10-25-17(23)12-8-14(18)16(19)21-9-12/h2-4,7-9H,5-6,10H2,1H3,(H,20,22). The number of ether oxygens (including phenoxy) is 2. The maximum Gasteiger partial charge on any atom is 0.340 e. The van der Waals surface area contributed by atoms with Gasteiger partial charge in [0.15, 0.2) is 6.61 Å². The molecule has 0 aliphatic rings. The van der Waals surface area contributed by atoms with Crippen molar-refractivity contribution >= 4 is 35.1 Å². The van der Waals surface area contributed by atoms with Crippen molar-refractivity contribution in [2.45, 2.75) is 6.92 Å². The molecular formula is C17H16Cl2N2O4. The summed E-state index contributed by atoms with van der Waals surface area (Å²) in [7, 11) is 0. The first-order valence-corrected chi connectivity index (χ1v) is 8.15. The van der Waals surface area contributed by atoms with Gasteiger partial charge < -0.3 is 14.8 Å². The number of aromatic nitrogens is 1. The van der Waals surface area contributed by atoms with Crippen LogP contribution < -0.4 is 10.1 Å². The van der Waals surface area contributed by atoms with Crippen molar-refractivity contribution in [2.75, 3.05) is 19.8 Å². The normalized spacial score (nSPS) is 10.2. The number of hydrogen-bond donors (Lipinski definition) is 1. The van der Waals surface area contributed by atoms with Crippen molar-refractivity contribution in [1.82, 2.24) is 10.3 Å². The second kappa shape index (κ2) is 9.25. The van der Waals surface area contributed by atoms with E-state index in [2.05, 4.69) is 10.3 Å². The molecule has 0 radical (unpaired) electrons. The fraction of sp³-hybridized carbons (Fsp3) is 0.235. The van der Waals surface area contributed by atoms with Crippen LogP contribution in [0.3, 0.4) is 0 Å². The second-order valence-corrected chi connectivity index (χ2v) is 5.85. The van der Waals surface area contributed by atoms with Crippen molar-refractivity contribution in [3.8, 4) is 5.75 Å². The lowest BCUT2D eigenvalue weighted by Gasteiger charge is -2.09. The van der Waals surface area contributed by atoms with Crippen LogP contribution >= 0.6 is 23.2 Å². The highest BCUT2D eigenvalue weighted by Crippen LogP contribution is 2.20. The molecule has 0 saturated heterocycles. The molecule has 0 bridgehead atoms. The highest BCUT2D eigenvalue weighted by atomic mass is 35.5. The Balaban J connectivity index is 1.68. The van der Waals surface area contributed by atoms with E-state index >= 15 is 0 Å². The molecule has 0 aliphatic carbocycles. The summed E-state index contributed by atoms with van der Waals surface area (Å²) < 4.78 is 10.4. The lowest BCUT2D eigenvalue weighted by Crippen LogP contribution is -2.32. The number of pyridine rings is 1. The fourth-order valence-electron chi connectivity index (χ4n) is 1.86. The quantitative estimate of drug-likeness (QED) is 0.452. The number of nitrogens with zero attached hydrogens (tertiary/aromatic N) is 1. The molecule has 6 nitrogen and oxygen atoms in total. The zero-order chi connectivity index (χ0) is 18.2. The number of halogens is 2. The number of hydrogen-bond acceptors (Lipinski definition) is 5. The van der Waals surface area contributed by atoms with Crippen LogP contribution in [0.2, 0.25) is 10.2 Å². The number of amides is 1. The Labute approximate surface area is 155 Å². The molecule has 8 heteroatoms. The van der Waals surface area contributed by atoms with E-state index in [-0.39, 0.29) is 15.7 Å². The van der Waals surface area contributed by atoms with Crippen LogP contribution in [0.4, 0.5) is 0 Å². The van der Waals surface area contributed by atoms with Gasteiger partial charge in [0.05, 0.1) is 17.1 Å². The lowest BCUT2D eigenvalue weighted by molar-refractivity contribution is -0.124. The molecule has 1 heterocycles. The molecule has 0 saturated carbocycles. The third kappa shape index (κ3) is 6.25. The maximum atomic E-state index is 11.8. The maximum absolute atomic E-state index is 11.8. The molecule has 132 valence electrons. The summed E-state index contributed by atoms with van der Waals surface area (Å²) in [6, 6.07) is 8.91. The van der Waals surface area contributed by atoms with Gasteiger partial charge in [0.2, 0.25) is 0 Å². The van der Waals surface area contributed by atoms with Gasteiger partial charge in [0.25, 0.3) is 5.91 Å². The largest absolute Gasteiger partial charge is 0.492 e. The molecule has 0 fully saturated rings. The first-order chi connectivity index (χ1) is 12.0. The number of nitrogens with one attached hydrogen (secondary N) is 1. The van der Waals surface area contributed by atoms with Crippen LogP contribution in [0.1, 0.15) is 15.9 Å². The summed E-state index contributed by atoms with van der Waals surface area (Å²) in [5.74, 6) is -0.417. The van der Waals surface area contributed by atoms with Gasteiger partial charge >= 0.3 is 5.97 Å². The molecule has 0 unspecified atom stereocenters. The minimum atomic E-state index is -0.711. The van der Waals surface area contributed by atoms with Crippen LogP contribution in [-0.4, -0.2) is 36.6 Å². The summed E-state index contributed by atoms with van der Waals surface area (Å²) in [4.78, 5) is 27.2. The third-order valence-electron chi connectivity index (χ3n) is 3.05. The van der Waals surface area contributed by atoms with Gasteiger partial charge in [0.1, 0.15) is 17.5 Å². The van der Waals surface area contributed by atoms with Crippen molar-refractivity contribution < 1.29 is 19.1 Å². The summed E-state index contributed by atoms with van der Waals surface area (Å²) in [6.07, 6.45) is 1.23. The highest BCUT2D eigenvalue weighted by Gasteiger charge is 2.12. The van der Waals surface area contributed by atoms with E-state index in [1.54, 1.807) is 0 Å². The highest BCUT2D eigenvalue weighted by molar-refractivity contribution is 6.41. The molecule has 1 aromatic heterocycles. The van der Waals surface area contributed by atoms with E-state index < -0.39 is 18.5 Å². The van der Waals surface area contributed by atoms with E-state index in [1.807, 2.05) is 31.2 Å². The number of rotatable bonds is 7.